The summed E-state index contributed by atoms with van der Waals surface area (Å²) in [5.74, 6) is -0.0475. The Kier molecular flexibility index (Phi) is 3.17. The second-order valence-electron chi connectivity index (χ2n) is 5.05. The van der Waals surface area contributed by atoms with Crippen LogP contribution in [0.4, 0.5) is 0 Å². The van der Waals surface area contributed by atoms with Gasteiger partial charge in [-0.25, -0.2) is 0 Å². The van der Waals surface area contributed by atoms with Crippen LogP contribution in [0, 0.1) is 19.3 Å². The normalized spacial score (nSPS) is 11.5. The van der Waals surface area contributed by atoms with E-state index >= 15 is 0 Å². The molecule has 0 radical (unpaired) electrons. The van der Waals surface area contributed by atoms with Gasteiger partial charge in [0.1, 0.15) is 0 Å². The van der Waals surface area contributed by atoms with Crippen LogP contribution in [0.1, 0.15) is 42.5 Å². The lowest BCUT2D eigenvalue weighted by atomic mass is 9.97. The first-order chi connectivity index (χ1) is 6.81. The van der Waals surface area contributed by atoms with Gasteiger partial charge < -0.3 is 5.32 Å². The molecule has 0 saturated carbocycles. The monoisotopic (exact) mass is 209 g/mol. The molecule has 84 valence electrons. The zero-order valence-electron chi connectivity index (χ0n) is 10.1. The van der Waals surface area contributed by atoms with Gasteiger partial charge in [-0.05, 0) is 19.3 Å². The molecule has 2 N–H and O–H groups in total. The summed E-state index contributed by atoms with van der Waals surface area (Å²) in [6.07, 6.45) is 0. The number of carbonyl (C=O) groups excluding carboxylic acids is 1. The van der Waals surface area contributed by atoms with Crippen molar-refractivity contribution in [2.24, 2.45) is 5.41 Å². The van der Waals surface area contributed by atoms with Crippen molar-refractivity contribution >= 4 is 5.91 Å². The molecule has 0 saturated heterocycles. The van der Waals surface area contributed by atoms with Crippen LogP contribution < -0.4 is 5.32 Å². The summed E-state index contributed by atoms with van der Waals surface area (Å²) in [4.78, 5) is 11.8. The number of amides is 1. The summed E-state index contributed by atoms with van der Waals surface area (Å²) < 4.78 is 0. The molecular formula is C11H19N3O. The summed E-state index contributed by atoms with van der Waals surface area (Å²) in [5, 5.41) is 9.71. The Morgan fingerprint density at radius 2 is 2.00 bits per heavy atom. The molecule has 0 aliphatic rings. The topological polar surface area (TPSA) is 57.8 Å². The van der Waals surface area contributed by atoms with E-state index in [9.17, 15) is 4.79 Å². The highest BCUT2D eigenvalue weighted by molar-refractivity contribution is 5.96. The zero-order chi connectivity index (χ0) is 11.6. The lowest BCUT2D eigenvalue weighted by Gasteiger charge is -2.18. The number of carbonyl (C=O) groups is 1. The minimum atomic E-state index is -0.0475. The van der Waals surface area contributed by atoms with Crippen molar-refractivity contribution in [1.29, 1.82) is 0 Å². The minimum absolute atomic E-state index is 0.0475. The highest BCUT2D eigenvalue weighted by atomic mass is 16.1. The molecule has 1 aromatic heterocycles. The Labute approximate surface area is 90.5 Å². The van der Waals surface area contributed by atoms with E-state index in [1.165, 1.54) is 0 Å². The molecule has 0 aromatic carbocycles. The number of hydrogen-bond donors (Lipinski definition) is 2. The van der Waals surface area contributed by atoms with Gasteiger partial charge in [0.2, 0.25) is 0 Å². The van der Waals surface area contributed by atoms with Crippen molar-refractivity contribution in [2.45, 2.75) is 34.6 Å². The lowest BCUT2D eigenvalue weighted by Crippen LogP contribution is -2.32. The Hall–Kier alpha value is -1.32. The molecule has 0 aliphatic carbocycles. The van der Waals surface area contributed by atoms with Crippen LogP contribution in [0.15, 0.2) is 0 Å². The molecule has 1 aromatic rings. The smallest absolute Gasteiger partial charge is 0.255 e. The average molecular weight is 209 g/mol. The molecule has 0 bridgehead atoms. The third-order valence-corrected chi connectivity index (χ3v) is 2.13. The molecule has 1 rings (SSSR count). The van der Waals surface area contributed by atoms with Crippen LogP contribution >= 0.6 is 0 Å². The fourth-order valence-corrected chi connectivity index (χ4v) is 1.32. The second kappa shape index (κ2) is 4.04. The Balaban J connectivity index is 2.70. The quantitative estimate of drug-likeness (QED) is 0.780. The number of H-pyrrole nitrogens is 1. The predicted molar refractivity (Wildman–Crippen MR) is 59.8 cm³/mol. The number of aryl methyl sites for hydroxylation is 2. The number of nitrogens with zero attached hydrogens (tertiary/aromatic N) is 1. The highest BCUT2D eigenvalue weighted by Crippen LogP contribution is 2.13. The van der Waals surface area contributed by atoms with E-state index in [1.807, 2.05) is 13.8 Å². The maximum absolute atomic E-state index is 11.8. The largest absolute Gasteiger partial charge is 0.351 e. The number of nitrogens with one attached hydrogen (secondary N) is 2. The van der Waals surface area contributed by atoms with Gasteiger partial charge in [0.15, 0.2) is 0 Å². The first-order valence-corrected chi connectivity index (χ1v) is 5.11. The summed E-state index contributed by atoms with van der Waals surface area (Å²) in [6.45, 7) is 10.6. The molecule has 4 heteroatoms. The van der Waals surface area contributed by atoms with Gasteiger partial charge in [-0.1, -0.05) is 20.8 Å². The maximum atomic E-state index is 11.8. The van der Waals surface area contributed by atoms with Crippen molar-refractivity contribution in [3.63, 3.8) is 0 Å². The van der Waals surface area contributed by atoms with E-state index in [2.05, 4.69) is 36.3 Å². The molecule has 4 nitrogen and oxygen atoms in total. The first kappa shape index (κ1) is 11.8. The highest BCUT2D eigenvalue weighted by Gasteiger charge is 2.17. The third kappa shape index (κ3) is 3.08. The second-order valence-corrected chi connectivity index (χ2v) is 5.05. The lowest BCUT2D eigenvalue weighted by molar-refractivity contribution is 0.0938. The summed E-state index contributed by atoms with van der Waals surface area (Å²) in [5.41, 5.74) is 2.33. The minimum Gasteiger partial charge on any atom is -0.351 e. The van der Waals surface area contributed by atoms with Crippen molar-refractivity contribution in [3.8, 4) is 0 Å². The van der Waals surface area contributed by atoms with Crippen molar-refractivity contribution in [1.82, 2.24) is 15.5 Å². The maximum Gasteiger partial charge on any atom is 0.255 e. The van der Waals surface area contributed by atoms with Crippen LogP contribution in [0.2, 0.25) is 0 Å². The summed E-state index contributed by atoms with van der Waals surface area (Å²) in [7, 11) is 0. The molecule has 1 heterocycles. The van der Waals surface area contributed by atoms with Crippen LogP contribution in [0.3, 0.4) is 0 Å². The van der Waals surface area contributed by atoms with E-state index in [1.54, 1.807) is 0 Å². The SMILES string of the molecule is Cc1n[nH]c(C)c1C(=O)NCC(C)(C)C. The number of aromatic nitrogens is 2. The third-order valence-electron chi connectivity index (χ3n) is 2.13. The van der Waals surface area contributed by atoms with Gasteiger partial charge in [0.25, 0.3) is 5.91 Å². The first-order valence-electron chi connectivity index (χ1n) is 5.11. The van der Waals surface area contributed by atoms with Crippen molar-refractivity contribution < 1.29 is 4.79 Å². The molecule has 0 unspecified atom stereocenters. The predicted octanol–water partition coefficient (Wildman–Crippen LogP) is 1.80. The summed E-state index contributed by atoms with van der Waals surface area (Å²) >= 11 is 0. The number of aromatic amines is 1. The van der Waals surface area contributed by atoms with E-state index in [4.69, 9.17) is 0 Å². The molecule has 0 aliphatic heterocycles. The van der Waals surface area contributed by atoms with Crippen LogP contribution in [-0.2, 0) is 0 Å². The molecule has 0 spiro atoms. The molecule has 0 fully saturated rings. The number of hydrogen-bond acceptors (Lipinski definition) is 2. The van der Waals surface area contributed by atoms with Crippen molar-refractivity contribution in [3.05, 3.63) is 17.0 Å². The van der Waals surface area contributed by atoms with Gasteiger partial charge in [0, 0.05) is 12.2 Å². The molecule has 1 amide bonds. The van der Waals surface area contributed by atoms with Gasteiger partial charge in [-0.2, -0.15) is 5.10 Å². The standard InChI is InChI=1S/C11H19N3O/c1-7-9(8(2)14-13-7)10(15)12-6-11(3,4)5/h6H2,1-5H3,(H,12,15)(H,13,14). The van der Waals surface area contributed by atoms with E-state index in [-0.39, 0.29) is 11.3 Å². The Bertz CT molecular complexity index is 341. The molecular weight excluding hydrogens is 190 g/mol. The zero-order valence-corrected chi connectivity index (χ0v) is 10.1. The fourth-order valence-electron chi connectivity index (χ4n) is 1.32. The average Bonchev–Trinajstić information content (AvgIpc) is 2.41. The van der Waals surface area contributed by atoms with E-state index in [0.29, 0.717) is 12.1 Å². The summed E-state index contributed by atoms with van der Waals surface area (Å²) in [6, 6.07) is 0. The van der Waals surface area contributed by atoms with E-state index in [0.717, 1.165) is 11.4 Å². The van der Waals surface area contributed by atoms with Gasteiger partial charge in [-0.15, -0.1) is 0 Å². The fraction of sp³-hybridized carbons (Fsp3) is 0.636. The number of rotatable bonds is 2. The van der Waals surface area contributed by atoms with Gasteiger partial charge in [0.05, 0.1) is 11.3 Å². The Morgan fingerprint density at radius 1 is 1.40 bits per heavy atom. The van der Waals surface area contributed by atoms with E-state index < -0.39 is 0 Å². The molecule has 15 heavy (non-hydrogen) atoms. The van der Waals surface area contributed by atoms with Gasteiger partial charge in [-0.3, -0.25) is 9.89 Å². The van der Waals surface area contributed by atoms with Crippen LogP contribution in [-0.4, -0.2) is 22.6 Å². The molecule has 0 atom stereocenters. The van der Waals surface area contributed by atoms with Crippen molar-refractivity contribution in [2.75, 3.05) is 6.54 Å². The van der Waals surface area contributed by atoms with Crippen LogP contribution in [0.25, 0.3) is 0 Å². The van der Waals surface area contributed by atoms with Crippen LogP contribution in [0.5, 0.6) is 0 Å². The Morgan fingerprint density at radius 3 is 2.40 bits per heavy atom. The van der Waals surface area contributed by atoms with Gasteiger partial charge >= 0.3 is 0 Å².